The van der Waals surface area contributed by atoms with Gasteiger partial charge >= 0.3 is 0 Å². The summed E-state index contributed by atoms with van der Waals surface area (Å²) in [4.78, 5) is 12.7. The lowest BCUT2D eigenvalue weighted by molar-refractivity contribution is -0.116. The summed E-state index contributed by atoms with van der Waals surface area (Å²) >= 11 is 6.06. The second kappa shape index (κ2) is 9.96. The van der Waals surface area contributed by atoms with Crippen LogP contribution in [0.4, 0.5) is 5.69 Å². The molecule has 0 saturated heterocycles. The second-order valence-corrected chi connectivity index (χ2v) is 9.26. The zero-order valence-electron chi connectivity index (χ0n) is 17.2. The van der Waals surface area contributed by atoms with Crippen molar-refractivity contribution in [1.29, 1.82) is 0 Å². The first-order valence-corrected chi connectivity index (χ1v) is 11.4. The summed E-state index contributed by atoms with van der Waals surface area (Å²) in [5.41, 5.74) is 2.26. The standard InChI is InChI=1S/C23H23ClN2O4S/c1-17-8-6-7-11-20(17)25-23(27)16-26(15-18-9-4-3-5-10-18)31(28,29)22-14-19(24)12-13-21(22)30-2/h3-14H,15-16H2,1-2H3,(H,25,27). The highest BCUT2D eigenvalue weighted by Gasteiger charge is 2.30. The first-order chi connectivity index (χ1) is 14.8. The molecule has 3 rings (SSSR count). The summed E-state index contributed by atoms with van der Waals surface area (Å²) in [6.07, 6.45) is 0. The van der Waals surface area contributed by atoms with Gasteiger partial charge in [-0.1, -0.05) is 60.1 Å². The number of halogens is 1. The molecule has 1 N–H and O–H groups in total. The van der Waals surface area contributed by atoms with Crippen molar-refractivity contribution in [2.45, 2.75) is 18.4 Å². The Hall–Kier alpha value is -2.87. The number of anilines is 1. The molecule has 3 aromatic rings. The number of hydrogen-bond donors (Lipinski definition) is 1. The number of para-hydroxylation sites is 1. The third-order valence-electron chi connectivity index (χ3n) is 4.68. The summed E-state index contributed by atoms with van der Waals surface area (Å²) < 4.78 is 33.4. The van der Waals surface area contributed by atoms with Crippen molar-refractivity contribution in [3.63, 3.8) is 0 Å². The molecule has 31 heavy (non-hydrogen) atoms. The minimum absolute atomic E-state index is 0.0139. The lowest BCUT2D eigenvalue weighted by Crippen LogP contribution is -2.37. The van der Waals surface area contributed by atoms with E-state index in [1.54, 1.807) is 30.3 Å². The van der Waals surface area contributed by atoms with Crippen LogP contribution in [0.5, 0.6) is 5.75 Å². The molecular formula is C23H23ClN2O4S. The van der Waals surface area contributed by atoms with Gasteiger partial charge < -0.3 is 10.1 Å². The Morgan fingerprint density at radius 2 is 1.71 bits per heavy atom. The Labute approximate surface area is 187 Å². The van der Waals surface area contributed by atoms with E-state index in [0.29, 0.717) is 5.69 Å². The largest absolute Gasteiger partial charge is 0.495 e. The molecule has 1 amide bonds. The van der Waals surface area contributed by atoms with Gasteiger partial charge in [-0.2, -0.15) is 4.31 Å². The topological polar surface area (TPSA) is 75.7 Å². The van der Waals surface area contributed by atoms with Crippen molar-refractivity contribution in [2.24, 2.45) is 0 Å². The number of aryl methyl sites for hydroxylation is 1. The average molecular weight is 459 g/mol. The van der Waals surface area contributed by atoms with Gasteiger partial charge in [0.25, 0.3) is 0 Å². The van der Waals surface area contributed by atoms with Gasteiger partial charge in [0.05, 0.1) is 13.7 Å². The van der Waals surface area contributed by atoms with Crippen LogP contribution in [0.15, 0.2) is 77.7 Å². The summed E-state index contributed by atoms with van der Waals surface area (Å²) in [6, 6.07) is 20.7. The Morgan fingerprint density at radius 1 is 1.03 bits per heavy atom. The maximum absolute atomic E-state index is 13.5. The Kier molecular flexibility index (Phi) is 7.33. The number of carbonyl (C=O) groups is 1. The summed E-state index contributed by atoms with van der Waals surface area (Å²) in [7, 11) is -2.72. The van der Waals surface area contributed by atoms with Crippen LogP contribution in [-0.2, 0) is 21.4 Å². The quantitative estimate of drug-likeness (QED) is 0.539. The van der Waals surface area contributed by atoms with Gasteiger partial charge in [-0.25, -0.2) is 8.42 Å². The smallest absolute Gasteiger partial charge is 0.247 e. The Bertz CT molecular complexity index is 1170. The number of methoxy groups -OCH3 is 1. The molecule has 8 heteroatoms. The van der Waals surface area contributed by atoms with Gasteiger partial charge in [0.15, 0.2) is 0 Å². The van der Waals surface area contributed by atoms with Crippen LogP contribution in [0.2, 0.25) is 5.02 Å². The molecule has 3 aromatic carbocycles. The zero-order valence-corrected chi connectivity index (χ0v) is 18.8. The monoisotopic (exact) mass is 458 g/mol. The van der Waals surface area contributed by atoms with Crippen LogP contribution in [0.25, 0.3) is 0 Å². The van der Waals surface area contributed by atoms with Crippen LogP contribution in [0.1, 0.15) is 11.1 Å². The van der Waals surface area contributed by atoms with Gasteiger partial charge in [0, 0.05) is 17.3 Å². The van der Waals surface area contributed by atoms with Crippen LogP contribution < -0.4 is 10.1 Å². The molecule has 0 aliphatic carbocycles. The van der Waals surface area contributed by atoms with Gasteiger partial charge in [-0.15, -0.1) is 0 Å². The Balaban J connectivity index is 1.95. The molecule has 0 bridgehead atoms. The molecule has 0 spiro atoms. The number of hydrogen-bond acceptors (Lipinski definition) is 4. The number of nitrogens with zero attached hydrogens (tertiary/aromatic N) is 1. The van der Waals surface area contributed by atoms with E-state index < -0.39 is 15.9 Å². The molecule has 0 aliphatic rings. The van der Waals surface area contributed by atoms with Crippen molar-refractivity contribution in [3.05, 3.63) is 88.9 Å². The van der Waals surface area contributed by atoms with Crippen molar-refractivity contribution in [2.75, 3.05) is 19.0 Å². The van der Waals surface area contributed by atoms with E-state index in [1.807, 2.05) is 37.3 Å². The fourth-order valence-corrected chi connectivity index (χ4v) is 4.87. The minimum Gasteiger partial charge on any atom is -0.495 e. The van der Waals surface area contributed by atoms with Gasteiger partial charge in [-0.3, -0.25) is 4.79 Å². The predicted molar refractivity (Wildman–Crippen MR) is 122 cm³/mol. The zero-order chi connectivity index (χ0) is 22.4. The van der Waals surface area contributed by atoms with E-state index in [4.69, 9.17) is 16.3 Å². The summed E-state index contributed by atoms with van der Waals surface area (Å²) in [5.74, 6) is -0.295. The number of nitrogens with one attached hydrogen (secondary N) is 1. The second-order valence-electron chi connectivity index (χ2n) is 6.92. The fourth-order valence-electron chi connectivity index (χ4n) is 3.07. The molecule has 6 nitrogen and oxygen atoms in total. The lowest BCUT2D eigenvalue weighted by Gasteiger charge is -2.23. The molecular weight excluding hydrogens is 436 g/mol. The molecule has 0 heterocycles. The average Bonchev–Trinajstić information content (AvgIpc) is 2.75. The minimum atomic E-state index is -4.10. The van der Waals surface area contributed by atoms with Crippen LogP contribution in [0.3, 0.4) is 0 Å². The SMILES string of the molecule is COc1ccc(Cl)cc1S(=O)(=O)N(CC(=O)Nc1ccccc1C)Cc1ccccc1. The lowest BCUT2D eigenvalue weighted by atomic mass is 10.2. The predicted octanol–water partition coefficient (Wildman–Crippen LogP) is 4.49. The maximum Gasteiger partial charge on any atom is 0.247 e. The van der Waals surface area contributed by atoms with Crippen LogP contribution in [-0.4, -0.2) is 32.3 Å². The Morgan fingerprint density at radius 3 is 2.39 bits per heavy atom. The molecule has 0 aliphatic heterocycles. The van der Waals surface area contributed by atoms with Gasteiger partial charge in [0.1, 0.15) is 10.6 Å². The first-order valence-electron chi connectivity index (χ1n) is 9.54. The fraction of sp³-hybridized carbons (Fsp3) is 0.174. The van der Waals surface area contributed by atoms with Crippen molar-refractivity contribution >= 4 is 33.2 Å². The molecule has 0 unspecified atom stereocenters. The number of amides is 1. The van der Waals surface area contributed by atoms with E-state index in [-0.39, 0.29) is 28.8 Å². The molecule has 0 saturated carbocycles. The number of rotatable bonds is 8. The third kappa shape index (κ3) is 5.64. The van der Waals surface area contributed by atoms with Crippen molar-refractivity contribution in [1.82, 2.24) is 4.31 Å². The molecule has 162 valence electrons. The summed E-state index contributed by atoms with van der Waals surface area (Å²) in [5, 5.41) is 3.04. The third-order valence-corrected chi connectivity index (χ3v) is 6.73. The van der Waals surface area contributed by atoms with Crippen LogP contribution in [0, 0.1) is 6.92 Å². The number of sulfonamides is 1. The van der Waals surface area contributed by atoms with E-state index >= 15 is 0 Å². The first kappa shape index (κ1) is 22.8. The normalized spacial score (nSPS) is 11.4. The summed E-state index contributed by atoms with van der Waals surface area (Å²) in [6.45, 7) is 1.51. The molecule has 0 aromatic heterocycles. The van der Waals surface area contributed by atoms with E-state index in [1.165, 1.54) is 19.2 Å². The van der Waals surface area contributed by atoms with E-state index in [0.717, 1.165) is 15.4 Å². The number of benzene rings is 3. The maximum atomic E-state index is 13.5. The molecule has 0 fully saturated rings. The van der Waals surface area contributed by atoms with E-state index in [9.17, 15) is 13.2 Å². The highest BCUT2D eigenvalue weighted by Crippen LogP contribution is 2.30. The highest BCUT2D eigenvalue weighted by atomic mass is 35.5. The molecule has 0 atom stereocenters. The van der Waals surface area contributed by atoms with Gasteiger partial charge in [0.2, 0.25) is 15.9 Å². The molecule has 0 radical (unpaired) electrons. The highest BCUT2D eigenvalue weighted by molar-refractivity contribution is 7.89. The van der Waals surface area contributed by atoms with Crippen LogP contribution >= 0.6 is 11.6 Å². The van der Waals surface area contributed by atoms with E-state index in [2.05, 4.69) is 5.32 Å². The van der Waals surface area contributed by atoms with Crippen molar-refractivity contribution < 1.29 is 17.9 Å². The van der Waals surface area contributed by atoms with Crippen molar-refractivity contribution in [3.8, 4) is 5.75 Å². The van der Waals surface area contributed by atoms with Gasteiger partial charge in [-0.05, 0) is 42.3 Å². The number of carbonyl (C=O) groups excluding carboxylic acids is 1. The number of ether oxygens (including phenoxy) is 1.